The third-order valence-corrected chi connectivity index (χ3v) is 3.68. The van der Waals surface area contributed by atoms with Crippen molar-refractivity contribution in [3.05, 3.63) is 39.8 Å². The van der Waals surface area contributed by atoms with Crippen molar-refractivity contribution in [3.8, 4) is 0 Å². The number of hydrogen-bond donors (Lipinski definition) is 1. The maximum atomic E-state index is 11.9. The molecule has 0 saturated heterocycles. The average Bonchev–Trinajstić information content (AvgIpc) is 3.08. The number of thiophene rings is 1. The van der Waals surface area contributed by atoms with Crippen LogP contribution >= 0.6 is 11.3 Å². The van der Waals surface area contributed by atoms with Gasteiger partial charge in [0.15, 0.2) is 5.69 Å². The van der Waals surface area contributed by atoms with E-state index in [0.717, 1.165) is 10.1 Å². The standard InChI is InChI=1S/C14H16N2O4S/c1-3-20-14(18)16-7-10(6-9-4-5-21-8-9)11(15)12(16)13(17)19-2/h4-5,7-8H,3,6,15H2,1-2H3. The largest absolute Gasteiger partial charge is 0.464 e. The summed E-state index contributed by atoms with van der Waals surface area (Å²) in [5, 5.41) is 3.94. The molecule has 2 rings (SSSR count). The summed E-state index contributed by atoms with van der Waals surface area (Å²) >= 11 is 1.57. The zero-order chi connectivity index (χ0) is 15.4. The highest BCUT2D eigenvalue weighted by molar-refractivity contribution is 7.07. The number of carbonyl (C=O) groups is 2. The van der Waals surface area contributed by atoms with Crippen molar-refractivity contribution < 1.29 is 19.1 Å². The van der Waals surface area contributed by atoms with Crippen LogP contribution in [-0.4, -0.2) is 30.3 Å². The summed E-state index contributed by atoms with van der Waals surface area (Å²) in [7, 11) is 1.24. The zero-order valence-corrected chi connectivity index (χ0v) is 12.6. The van der Waals surface area contributed by atoms with Gasteiger partial charge in [-0.25, -0.2) is 14.2 Å². The van der Waals surface area contributed by atoms with Crippen molar-refractivity contribution in [1.82, 2.24) is 4.57 Å². The molecule has 0 aliphatic heterocycles. The fraction of sp³-hybridized carbons (Fsp3) is 0.286. The predicted molar refractivity (Wildman–Crippen MR) is 79.7 cm³/mol. The van der Waals surface area contributed by atoms with Crippen molar-refractivity contribution in [1.29, 1.82) is 0 Å². The van der Waals surface area contributed by atoms with E-state index >= 15 is 0 Å². The van der Waals surface area contributed by atoms with E-state index in [1.165, 1.54) is 13.3 Å². The van der Waals surface area contributed by atoms with E-state index in [4.69, 9.17) is 10.5 Å². The van der Waals surface area contributed by atoms with Gasteiger partial charge >= 0.3 is 12.1 Å². The van der Waals surface area contributed by atoms with E-state index in [2.05, 4.69) is 4.74 Å². The van der Waals surface area contributed by atoms with E-state index < -0.39 is 12.1 Å². The van der Waals surface area contributed by atoms with Crippen LogP contribution in [0, 0.1) is 0 Å². The van der Waals surface area contributed by atoms with Crippen LogP contribution < -0.4 is 5.73 Å². The lowest BCUT2D eigenvalue weighted by atomic mass is 10.1. The van der Waals surface area contributed by atoms with Crippen molar-refractivity contribution in [3.63, 3.8) is 0 Å². The first kappa shape index (κ1) is 15.1. The first-order valence-corrected chi connectivity index (χ1v) is 7.29. The van der Waals surface area contributed by atoms with Gasteiger partial charge in [0.1, 0.15) is 0 Å². The summed E-state index contributed by atoms with van der Waals surface area (Å²) in [5.41, 5.74) is 7.98. The molecular formula is C14H16N2O4S. The van der Waals surface area contributed by atoms with Gasteiger partial charge in [0, 0.05) is 12.6 Å². The van der Waals surface area contributed by atoms with Crippen LogP contribution in [0.15, 0.2) is 23.0 Å². The highest BCUT2D eigenvalue weighted by Gasteiger charge is 2.24. The Kier molecular flexibility index (Phi) is 4.64. The summed E-state index contributed by atoms with van der Waals surface area (Å²) < 4.78 is 10.7. The Bertz CT molecular complexity index is 646. The molecule has 112 valence electrons. The number of ether oxygens (including phenoxy) is 2. The van der Waals surface area contributed by atoms with Gasteiger partial charge in [0.2, 0.25) is 0 Å². The van der Waals surface area contributed by atoms with Gasteiger partial charge in [0.05, 0.1) is 19.4 Å². The molecule has 0 aromatic carbocycles. The topological polar surface area (TPSA) is 83.5 Å². The first-order chi connectivity index (χ1) is 10.1. The average molecular weight is 308 g/mol. The molecule has 2 heterocycles. The molecule has 0 amide bonds. The summed E-state index contributed by atoms with van der Waals surface area (Å²) in [6.45, 7) is 1.90. The van der Waals surface area contributed by atoms with Gasteiger partial charge in [-0.2, -0.15) is 11.3 Å². The lowest BCUT2D eigenvalue weighted by Crippen LogP contribution is -2.19. The second kappa shape index (κ2) is 6.45. The number of rotatable bonds is 4. The second-order valence-electron chi connectivity index (χ2n) is 4.29. The highest BCUT2D eigenvalue weighted by atomic mass is 32.1. The van der Waals surface area contributed by atoms with E-state index in [9.17, 15) is 9.59 Å². The third-order valence-electron chi connectivity index (χ3n) is 2.94. The van der Waals surface area contributed by atoms with Crippen molar-refractivity contribution in [2.45, 2.75) is 13.3 Å². The van der Waals surface area contributed by atoms with Crippen LogP contribution in [0.25, 0.3) is 0 Å². The normalized spacial score (nSPS) is 10.4. The van der Waals surface area contributed by atoms with Gasteiger partial charge in [-0.05, 0) is 34.9 Å². The van der Waals surface area contributed by atoms with Crippen molar-refractivity contribution >= 4 is 29.1 Å². The first-order valence-electron chi connectivity index (χ1n) is 6.34. The van der Waals surface area contributed by atoms with Gasteiger partial charge in [-0.1, -0.05) is 0 Å². The van der Waals surface area contributed by atoms with E-state index in [1.54, 1.807) is 18.3 Å². The molecular weight excluding hydrogens is 292 g/mol. The number of carbonyl (C=O) groups excluding carboxylic acids is 2. The van der Waals surface area contributed by atoms with Gasteiger partial charge in [0.25, 0.3) is 0 Å². The SMILES string of the molecule is CCOC(=O)n1cc(Cc2ccsc2)c(N)c1C(=O)OC. The molecule has 6 nitrogen and oxygen atoms in total. The predicted octanol–water partition coefficient (Wildman–Crippen LogP) is 2.51. The van der Waals surface area contributed by atoms with Crippen LogP contribution in [0.2, 0.25) is 0 Å². The molecule has 0 bridgehead atoms. The summed E-state index contributed by atoms with van der Waals surface area (Å²) in [6.07, 6.45) is 1.41. The Morgan fingerprint density at radius 2 is 2.19 bits per heavy atom. The molecule has 0 aliphatic carbocycles. The van der Waals surface area contributed by atoms with Gasteiger partial charge < -0.3 is 15.2 Å². The lowest BCUT2D eigenvalue weighted by molar-refractivity contribution is 0.0587. The van der Waals surface area contributed by atoms with E-state index in [-0.39, 0.29) is 18.0 Å². The highest BCUT2D eigenvalue weighted by Crippen LogP contribution is 2.25. The molecule has 0 aliphatic rings. The number of anilines is 1. The minimum absolute atomic E-state index is 0.00109. The fourth-order valence-electron chi connectivity index (χ4n) is 1.97. The van der Waals surface area contributed by atoms with Crippen molar-refractivity contribution in [2.24, 2.45) is 0 Å². The Hall–Kier alpha value is -2.28. The fourth-order valence-corrected chi connectivity index (χ4v) is 2.64. The molecule has 2 N–H and O–H groups in total. The number of nitrogen functional groups attached to an aromatic ring is 1. The Labute approximate surface area is 126 Å². The van der Waals surface area contributed by atoms with Gasteiger partial charge in [-0.3, -0.25) is 0 Å². The minimum atomic E-state index is -0.669. The van der Waals surface area contributed by atoms with E-state index in [0.29, 0.717) is 12.0 Å². The van der Waals surface area contributed by atoms with E-state index in [1.807, 2.05) is 16.8 Å². The minimum Gasteiger partial charge on any atom is -0.464 e. The second-order valence-corrected chi connectivity index (χ2v) is 5.07. The van der Waals surface area contributed by atoms with Crippen LogP contribution in [-0.2, 0) is 15.9 Å². The molecule has 0 fully saturated rings. The maximum Gasteiger partial charge on any atom is 0.418 e. The molecule has 2 aromatic heterocycles. The summed E-state index contributed by atoms with van der Waals surface area (Å²) in [6, 6.07) is 1.96. The summed E-state index contributed by atoms with van der Waals surface area (Å²) in [4.78, 5) is 23.8. The molecule has 0 unspecified atom stereocenters. The quantitative estimate of drug-likeness (QED) is 0.877. The lowest BCUT2D eigenvalue weighted by Gasteiger charge is -2.06. The zero-order valence-electron chi connectivity index (χ0n) is 11.8. The number of hydrogen-bond acceptors (Lipinski definition) is 6. The Morgan fingerprint density at radius 1 is 1.43 bits per heavy atom. The molecule has 0 radical (unpaired) electrons. The molecule has 2 aromatic rings. The van der Waals surface area contributed by atoms with Crippen molar-refractivity contribution in [2.75, 3.05) is 19.5 Å². The molecule has 0 spiro atoms. The smallest absolute Gasteiger partial charge is 0.418 e. The molecule has 0 atom stereocenters. The number of esters is 1. The maximum absolute atomic E-state index is 11.9. The third kappa shape index (κ3) is 3.08. The van der Waals surface area contributed by atoms with Crippen LogP contribution in [0.3, 0.4) is 0 Å². The van der Waals surface area contributed by atoms with Crippen LogP contribution in [0.5, 0.6) is 0 Å². The molecule has 0 saturated carbocycles. The Balaban J connectivity index is 2.43. The number of nitrogens with zero attached hydrogens (tertiary/aromatic N) is 1. The van der Waals surface area contributed by atoms with Crippen LogP contribution in [0.1, 0.15) is 28.5 Å². The van der Waals surface area contributed by atoms with Gasteiger partial charge in [-0.15, -0.1) is 0 Å². The number of methoxy groups -OCH3 is 1. The summed E-state index contributed by atoms with van der Waals surface area (Å²) in [5.74, 6) is -0.669. The molecule has 7 heteroatoms. The monoisotopic (exact) mass is 308 g/mol. The Morgan fingerprint density at radius 3 is 2.76 bits per heavy atom. The van der Waals surface area contributed by atoms with Crippen LogP contribution in [0.4, 0.5) is 10.5 Å². The number of aromatic nitrogens is 1. The number of nitrogens with two attached hydrogens (primary N) is 1. The molecule has 21 heavy (non-hydrogen) atoms.